The molecule has 0 bridgehead atoms. The average Bonchev–Trinajstić information content (AvgIpc) is 3.04. The lowest BCUT2D eigenvalue weighted by atomic mass is 10.1. The van der Waals surface area contributed by atoms with Gasteiger partial charge in [0.15, 0.2) is 0 Å². The number of hydrogen-bond acceptors (Lipinski definition) is 5. The molecule has 3 aromatic rings. The number of tetrazole rings is 1. The van der Waals surface area contributed by atoms with Crippen LogP contribution in [0.25, 0.3) is 5.69 Å². The zero-order chi connectivity index (χ0) is 17.8. The molecule has 0 saturated carbocycles. The molecule has 1 N–H and O–H groups in total. The number of benzene rings is 2. The second-order valence-corrected chi connectivity index (χ2v) is 6.77. The van der Waals surface area contributed by atoms with E-state index in [9.17, 15) is 4.79 Å². The largest absolute Gasteiger partial charge is 0.326 e. The van der Waals surface area contributed by atoms with Gasteiger partial charge in [-0.2, -0.15) is 4.68 Å². The number of carbonyl (C=O) groups excluding carboxylic acids is 1. The van der Waals surface area contributed by atoms with E-state index in [0.717, 1.165) is 11.4 Å². The van der Waals surface area contributed by atoms with Crippen LogP contribution in [0.15, 0.2) is 47.6 Å². The molecule has 25 heavy (non-hydrogen) atoms. The molecular weight excluding hydrogens is 334 g/mol. The number of amides is 1. The first-order valence-corrected chi connectivity index (χ1v) is 8.87. The third-order valence-corrected chi connectivity index (χ3v) is 4.68. The second kappa shape index (κ2) is 7.48. The highest BCUT2D eigenvalue weighted by molar-refractivity contribution is 7.98. The average molecular weight is 353 g/mol. The monoisotopic (exact) mass is 353 g/mol. The van der Waals surface area contributed by atoms with Crippen LogP contribution in [0.4, 0.5) is 5.69 Å². The first-order valence-electron chi connectivity index (χ1n) is 7.88. The van der Waals surface area contributed by atoms with Crippen molar-refractivity contribution >= 4 is 23.4 Å². The molecule has 0 aliphatic rings. The Hall–Kier alpha value is -2.67. The Morgan fingerprint density at radius 3 is 2.84 bits per heavy atom. The van der Waals surface area contributed by atoms with Gasteiger partial charge < -0.3 is 5.32 Å². The molecular formula is C18H19N5OS. The molecule has 7 heteroatoms. The van der Waals surface area contributed by atoms with Gasteiger partial charge in [0, 0.05) is 18.4 Å². The number of rotatable bonds is 5. The molecule has 0 radical (unpaired) electrons. The van der Waals surface area contributed by atoms with Crippen molar-refractivity contribution in [3.8, 4) is 5.69 Å². The highest BCUT2D eigenvalue weighted by Crippen LogP contribution is 2.25. The summed E-state index contributed by atoms with van der Waals surface area (Å²) in [7, 11) is 0. The maximum atomic E-state index is 11.2. The standard InChI is InChI=1S/C18H19N5OS/c1-12-7-8-13(2)15(9-12)11-25-18-20-21-22-23(18)17-6-4-5-16(10-17)19-14(3)24/h4-10H,11H2,1-3H3,(H,19,24). The fourth-order valence-electron chi connectivity index (χ4n) is 2.45. The van der Waals surface area contributed by atoms with Crippen molar-refractivity contribution in [2.45, 2.75) is 31.7 Å². The molecule has 1 heterocycles. The van der Waals surface area contributed by atoms with Crippen molar-refractivity contribution in [3.05, 3.63) is 59.2 Å². The predicted molar refractivity (Wildman–Crippen MR) is 98.9 cm³/mol. The number of aryl methyl sites for hydroxylation is 2. The van der Waals surface area contributed by atoms with E-state index < -0.39 is 0 Å². The van der Waals surface area contributed by atoms with Gasteiger partial charge in [-0.1, -0.05) is 41.6 Å². The smallest absolute Gasteiger partial charge is 0.221 e. The molecule has 6 nitrogen and oxygen atoms in total. The highest BCUT2D eigenvalue weighted by Gasteiger charge is 2.11. The maximum Gasteiger partial charge on any atom is 0.221 e. The predicted octanol–water partition coefficient (Wildman–Crippen LogP) is 3.53. The zero-order valence-corrected chi connectivity index (χ0v) is 15.2. The Labute approximate surface area is 150 Å². The molecule has 0 spiro atoms. The first kappa shape index (κ1) is 17.2. The molecule has 128 valence electrons. The summed E-state index contributed by atoms with van der Waals surface area (Å²) in [5, 5.41) is 15.5. The van der Waals surface area contributed by atoms with Gasteiger partial charge in [-0.25, -0.2) is 0 Å². The molecule has 3 rings (SSSR count). The summed E-state index contributed by atoms with van der Waals surface area (Å²) in [5.74, 6) is 0.678. The van der Waals surface area contributed by atoms with Gasteiger partial charge in [-0.05, 0) is 53.6 Å². The Morgan fingerprint density at radius 1 is 1.20 bits per heavy atom. The van der Waals surface area contributed by atoms with Crippen LogP contribution in [0, 0.1) is 13.8 Å². The van der Waals surface area contributed by atoms with Gasteiger partial charge in [0.25, 0.3) is 0 Å². The van der Waals surface area contributed by atoms with Crippen LogP contribution in [0.5, 0.6) is 0 Å². The molecule has 1 amide bonds. The quantitative estimate of drug-likeness (QED) is 0.711. The van der Waals surface area contributed by atoms with Crippen LogP contribution >= 0.6 is 11.8 Å². The lowest BCUT2D eigenvalue weighted by Gasteiger charge is -2.08. The summed E-state index contributed by atoms with van der Waals surface area (Å²) in [6.45, 7) is 5.68. The summed E-state index contributed by atoms with van der Waals surface area (Å²) >= 11 is 1.58. The molecule has 2 aromatic carbocycles. The molecule has 1 aromatic heterocycles. The van der Waals surface area contributed by atoms with Crippen molar-refractivity contribution in [1.29, 1.82) is 0 Å². The van der Waals surface area contributed by atoms with Crippen LogP contribution in [0.3, 0.4) is 0 Å². The van der Waals surface area contributed by atoms with Crippen molar-refractivity contribution in [1.82, 2.24) is 20.2 Å². The Balaban J connectivity index is 1.81. The molecule has 0 atom stereocenters. The fourth-order valence-corrected chi connectivity index (χ4v) is 3.40. The SMILES string of the molecule is CC(=O)Nc1cccc(-n2nnnc2SCc2cc(C)ccc2C)c1. The maximum absolute atomic E-state index is 11.2. The normalized spacial score (nSPS) is 10.7. The summed E-state index contributed by atoms with van der Waals surface area (Å²) in [6.07, 6.45) is 0. The summed E-state index contributed by atoms with van der Waals surface area (Å²) in [6, 6.07) is 13.9. The van der Waals surface area contributed by atoms with E-state index in [1.807, 2.05) is 24.3 Å². The molecule has 0 saturated heterocycles. The second-order valence-electron chi connectivity index (χ2n) is 5.82. The summed E-state index contributed by atoms with van der Waals surface area (Å²) in [4.78, 5) is 11.2. The van der Waals surface area contributed by atoms with Gasteiger partial charge in [-0.15, -0.1) is 5.10 Å². The lowest BCUT2D eigenvalue weighted by Crippen LogP contribution is -2.07. The number of carbonyl (C=O) groups is 1. The first-order chi connectivity index (χ1) is 12.0. The minimum absolute atomic E-state index is 0.113. The van der Waals surface area contributed by atoms with Gasteiger partial charge in [-0.3, -0.25) is 4.79 Å². The third-order valence-electron chi connectivity index (χ3n) is 3.71. The van der Waals surface area contributed by atoms with Gasteiger partial charge in [0.05, 0.1) is 5.69 Å². The van der Waals surface area contributed by atoms with Gasteiger partial charge in [0.2, 0.25) is 11.1 Å². The highest BCUT2D eigenvalue weighted by atomic mass is 32.2. The molecule has 0 fully saturated rings. The van der Waals surface area contributed by atoms with E-state index in [2.05, 4.69) is 52.9 Å². The topological polar surface area (TPSA) is 72.7 Å². The fraction of sp³-hybridized carbons (Fsp3) is 0.222. The van der Waals surface area contributed by atoms with E-state index in [4.69, 9.17) is 0 Å². The van der Waals surface area contributed by atoms with E-state index in [-0.39, 0.29) is 5.91 Å². The number of nitrogens with zero attached hydrogens (tertiary/aromatic N) is 4. The van der Waals surface area contributed by atoms with Crippen LogP contribution in [0.1, 0.15) is 23.6 Å². The number of aromatic nitrogens is 4. The minimum atomic E-state index is -0.113. The summed E-state index contributed by atoms with van der Waals surface area (Å²) < 4.78 is 1.68. The molecule has 0 aliphatic carbocycles. The van der Waals surface area contributed by atoms with Crippen molar-refractivity contribution < 1.29 is 4.79 Å². The van der Waals surface area contributed by atoms with Gasteiger partial charge >= 0.3 is 0 Å². The lowest BCUT2D eigenvalue weighted by molar-refractivity contribution is -0.114. The molecule has 0 unspecified atom stereocenters. The van der Waals surface area contributed by atoms with Crippen LogP contribution in [-0.2, 0) is 10.5 Å². The number of anilines is 1. The number of hydrogen-bond donors (Lipinski definition) is 1. The van der Waals surface area contributed by atoms with Crippen LogP contribution in [0.2, 0.25) is 0 Å². The van der Waals surface area contributed by atoms with Gasteiger partial charge in [0.1, 0.15) is 0 Å². The zero-order valence-electron chi connectivity index (χ0n) is 14.4. The summed E-state index contributed by atoms with van der Waals surface area (Å²) in [5.41, 5.74) is 5.28. The number of thioether (sulfide) groups is 1. The van der Waals surface area contributed by atoms with Crippen molar-refractivity contribution in [2.24, 2.45) is 0 Å². The Morgan fingerprint density at radius 2 is 2.04 bits per heavy atom. The van der Waals surface area contributed by atoms with E-state index >= 15 is 0 Å². The molecule has 0 aliphatic heterocycles. The minimum Gasteiger partial charge on any atom is -0.326 e. The van der Waals surface area contributed by atoms with Crippen LogP contribution in [-0.4, -0.2) is 26.1 Å². The van der Waals surface area contributed by atoms with E-state index in [0.29, 0.717) is 10.8 Å². The van der Waals surface area contributed by atoms with E-state index in [1.54, 1.807) is 16.4 Å². The Bertz CT molecular complexity index is 906. The third kappa shape index (κ3) is 4.24. The Kier molecular flexibility index (Phi) is 5.14. The van der Waals surface area contributed by atoms with Crippen molar-refractivity contribution in [2.75, 3.05) is 5.32 Å². The van der Waals surface area contributed by atoms with E-state index in [1.165, 1.54) is 23.6 Å². The number of nitrogens with one attached hydrogen (secondary N) is 1. The van der Waals surface area contributed by atoms with Crippen molar-refractivity contribution in [3.63, 3.8) is 0 Å². The van der Waals surface area contributed by atoms with Crippen LogP contribution < -0.4 is 5.32 Å².